The third kappa shape index (κ3) is 3.85. The van der Waals surface area contributed by atoms with Gasteiger partial charge in [0.05, 0.1) is 6.61 Å². The number of nitrogens with zero attached hydrogens (tertiary/aromatic N) is 2. The fraction of sp³-hybridized carbons (Fsp3) is 0.333. The number of aryl methyl sites for hydroxylation is 1. The van der Waals surface area contributed by atoms with Gasteiger partial charge in [-0.1, -0.05) is 23.4 Å². The second-order valence-corrected chi connectivity index (χ2v) is 4.56. The first-order chi connectivity index (χ1) is 9.66. The molecule has 0 atom stereocenters. The molecule has 0 saturated carbocycles. The molecule has 1 heterocycles. The number of aromatic nitrogens is 1. The molecule has 0 bridgehead atoms. The van der Waals surface area contributed by atoms with E-state index in [0.717, 1.165) is 12.2 Å². The molecule has 5 heteroatoms. The lowest BCUT2D eigenvalue weighted by Gasteiger charge is -2.15. The van der Waals surface area contributed by atoms with Crippen molar-refractivity contribution in [1.29, 1.82) is 0 Å². The van der Waals surface area contributed by atoms with E-state index in [4.69, 9.17) is 9.26 Å². The summed E-state index contributed by atoms with van der Waals surface area (Å²) >= 11 is 0. The van der Waals surface area contributed by atoms with Gasteiger partial charge in [0.2, 0.25) is 0 Å². The Bertz CT molecular complexity index is 551. The standard InChI is InChI=1S/C15H18N2O3/c1-12-11-14(16-20-12)15(18)17(2)9-6-10-19-13-7-4-3-5-8-13/h3-5,7-8,11H,6,9-10H2,1-2H3. The minimum atomic E-state index is -0.137. The number of rotatable bonds is 6. The zero-order valence-corrected chi connectivity index (χ0v) is 11.7. The first-order valence-corrected chi connectivity index (χ1v) is 6.53. The van der Waals surface area contributed by atoms with Gasteiger partial charge < -0.3 is 14.2 Å². The molecule has 0 aliphatic heterocycles. The Balaban J connectivity index is 1.72. The Morgan fingerprint density at radius 1 is 1.35 bits per heavy atom. The fourth-order valence-corrected chi connectivity index (χ4v) is 1.77. The van der Waals surface area contributed by atoms with E-state index in [-0.39, 0.29) is 5.91 Å². The number of hydrogen-bond acceptors (Lipinski definition) is 4. The smallest absolute Gasteiger partial charge is 0.275 e. The van der Waals surface area contributed by atoms with E-state index >= 15 is 0 Å². The molecule has 0 aliphatic rings. The predicted molar refractivity (Wildman–Crippen MR) is 74.8 cm³/mol. The summed E-state index contributed by atoms with van der Waals surface area (Å²) in [4.78, 5) is 13.6. The van der Waals surface area contributed by atoms with Gasteiger partial charge >= 0.3 is 0 Å². The van der Waals surface area contributed by atoms with Gasteiger partial charge in [-0.25, -0.2) is 0 Å². The molecule has 0 N–H and O–H groups in total. The van der Waals surface area contributed by atoms with Crippen LogP contribution in [0.1, 0.15) is 22.7 Å². The number of hydrogen-bond donors (Lipinski definition) is 0. The van der Waals surface area contributed by atoms with E-state index in [1.807, 2.05) is 30.3 Å². The van der Waals surface area contributed by atoms with Gasteiger partial charge in [0.15, 0.2) is 5.69 Å². The summed E-state index contributed by atoms with van der Waals surface area (Å²) in [6, 6.07) is 11.3. The maximum absolute atomic E-state index is 12.0. The van der Waals surface area contributed by atoms with E-state index in [1.54, 1.807) is 24.9 Å². The number of carbonyl (C=O) groups is 1. The number of para-hydroxylation sites is 1. The Kier molecular flexibility index (Phi) is 4.76. The lowest BCUT2D eigenvalue weighted by molar-refractivity contribution is 0.0777. The highest BCUT2D eigenvalue weighted by molar-refractivity contribution is 5.92. The highest BCUT2D eigenvalue weighted by Crippen LogP contribution is 2.09. The van der Waals surface area contributed by atoms with Crippen LogP contribution in [-0.4, -0.2) is 36.2 Å². The Morgan fingerprint density at radius 2 is 2.10 bits per heavy atom. The summed E-state index contributed by atoms with van der Waals surface area (Å²) in [5.74, 6) is 1.34. The third-order valence-corrected chi connectivity index (χ3v) is 2.84. The molecule has 1 aromatic carbocycles. The van der Waals surface area contributed by atoms with Crippen molar-refractivity contribution in [2.24, 2.45) is 0 Å². The zero-order valence-electron chi connectivity index (χ0n) is 11.7. The third-order valence-electron chi connectivity index (χ3n) is 2.84. The predicted octanol–water partition coefficient (Wildman–Crippen LogP) is 2.52. The Morgan fingerprint density at radius 3 is 2.75 bits per heavy atom. The lowest BCUT2D eigenvalue weighted by Crippen LogP contribution is -2.28. The number of benzene rings is 1. The summed E-state index contributed by atoms with van der Waals surface area (Å²) in [6.07, 6.45) is 0.758. The van der Waals surface area contributed by atoms with Crippen LogP contribution < -0.4 is 4.74 Å². The second-order valence-electron chi connectivity index (χ2n) is 4.56. The maximum atomic E-state index is 12.0. The Labute approximate surface area is 118 Å². The van der Waals surface area contributed by atoms with Crippen LogP contribution in [0.3, 0.4) is 0 Å². The molecule has 0 radical (unpaired) electrons. The summed E-state index contributed by atoms with van der Waals surface area (Å²) in [6.45, 7) is 2.94. The first-order valence-electron chi connectivity index (χ1n) is 6.53. The van der Waals surface area contributed by atoms with Crippen LogP contribution in [0.5, 0.6) is 5.75 Å². The van der Waals surface area contributed by atoms with Crippen LogP contribution >= 0.6 is 0 Å². The van der Waals surface area contributed by atoms with Crippen LogP contribution in [0, 0.1) is 6.92 Å². The molecular formula is C15H18N2O3. The average molecular weight is 274 g/mol. The molecule has 2 rings (SSSR count). The van der Waals surface area contributed by atoms with Gasteiger partial charge in [-0.05, 0) is 25.5 Å². The molecular weight excluding hydrogens is 256 g/mol. The lowest BCUT2D eigenvalue weighted by atomic mass is 10.3. The highest BCUT2D eigenvalue weighted by Gasteiger charge is 2.15. The van der Waals surface area contributed by atoms with Crippen LogP contribution in [0.25, 0.3) is 0 Å². The number of amides is 1. The molecule has 106 valence electrons. The van der Waals surface area contributed by atoms with Crippen LogP contribution in [0.2, 0.25) is 0 Å². The van der Waals surface area contributed by atoms with Gasteiger partial charge in [0, 0.05) is 19.7 Å². The van der Waals surface area contributed by atoms with E-state index in [2.05, 4.69) is 5.16 Å². The molecule has 1 amide bonds. The largest absolute Gasteiger partial charge is 0.494 e. The molecule has 20 heavy (non-hydrogen) atoms. The monoisotopic (exact) mass is 274 g/mol. The summed E-state index contributed by atoms with van der Waals surface area (Å²) in [5, 5.41) is 3.72. The molecule has 2 aromatic rings. The average Bonchev–Trinajstić information content (AvgIpc) is 2.90. The van der Waals surface area contributed by atoms with Gasteiger partial charge in [0.25, 0.3) is 5.91 Å². The molecule has 0 fully saturated rings. The Hall–Kier alpha value is -2.30. The van der Waals surface area contributed by atoms with Crippen LogP contribution in [0.15, 0.2) is 40.9 Å². The van der Waals surface area contributed by atoms with Crippen molar-refractivity contribution in [3.05, 3.63) is 47.9 Å². The zero-order chi connectivity index (χ0) is 14.4. The number of ether oxygens (including phenoxy) is 1. The topological polar surface area (TPSA) is 55.6 Å². The van der Waals surface area contributed by atoms with Crippen molar-refractivity contribution in [3.63, 3.8) is 0 Å². The molecule has 0 unspecified atom stereocenters. The van der Waals surface area contributed by atoms with Gasteiger partial charge in [-0.2, -0.15) is 0 Å². The normalized spacial score (nSPS) is 10.3. The molecule has 1 aromatic heterocycles. The van der Waals surface area contributed by atoms with Gasteiger partial charge in [0.1, 0.15) is 11.5 Å². The van der Waals surface area contributed by atoms with Gasteiger partial charge in [-0.3, -0.25) is 4.79 Å². The first kappa shape index (κ1) is 14.1. The van der Waals surface area contributed by atoms with Crippen molar-refractivity contribution in [3.8, 4) is 5.75 Å². The van der Waals surface area contributed by atoms with Crippen molar-refractivity contribution >= 4 is 5.91 Å². The fourth-order valence-electron chi connectivity index (χ4n) is 1.77. The number of carbonyl (C=O) groups excluding carboxylic acids is 1. The quantitative estimate of drug-likeness (QED) is 0.759. The SMILES string of the molecule is Cc1cc(C(=O)N(C)CCCOc2ccccc2)no1. The molecule has 0 saturated heterocycles. The van der Waals surface area contributed by atoms with Crippen molar-refractivity contribution in [2.45, 2.75) is 13.3 Å². The minimum Gasteiger partial charge on any atom is -0.494 e. The van der Waals surface area contributed by atoms with Crippen LogP contribution in [-0.2, 0) is 0 Å². The van der Waals surface area contributed by atoms with Gasteiger partial charge in [-0.15, -0.1) is 0 Å². The second kappa shape index (κ2) is 6.75. The van der Waals surface area contributed by atoms with E-state index < -0.39 is 0 Å². The summed E-state index contributed by atoms with van der Waals surface area (Å²) in [5.41, 5.74) is 0.342. The minimum absolute atomic E-state index is 0.137. The summed E-state index contributed by atoms with van der Waals surface area (Å²) < 4.78 is 10.5. The van der Waals surface area contributed by atoms with Crippen LogP contribution in [0.4, 0.5) is 0 Å². The molecule has 5 nitrogen and oxygen atoms in total. The maximum Gasteiger partial charge on any atom is 0.275 e. The van der Waals surface area contributed by atoms with E-state index in [9.17, 15) is 4.79 Å². The van der Waals surface area contributed by atoms with Crippen molar-refractivity contribution < 1.29 is 14.1 Å². The van der Waals surface area contributed by atoms with Crippen molar-refractivity contribution in [2.75, 3.05) is 20.2 Å². The molecule has 0 aliphatic carbocycles. The van der Waals surface area contributed by atoms with E-state index in [0.29, 0.717) is 24.6 Å². The molecule has 0 spiro atoms. The van der Waals surface area contributed by atoms with E-state index in [1.165, 1.54) is 0 Å². The highest BCUT2D eigenvalue weighted by atomic mass is 16.5. The summed E-state index contributed by atoms with van der Waals surface area (Å²) in [7, 11) is 1.74. The van der Waals surface area contributed by atoms with Crippen molar-refractivity contribution in [1.82, 2.24) is 10.1 Å².